The molecule has 0 aromatic heterocycles. The van der Waals surface area contributed by atoms with E-state index in [4.69, 9.17) is 4.74 Å². The number of hydrogen-bond acceptors (Lipinski definition) is 3. The van der Waals surface area contributed by atoms with Crippen LogP contribution in [0.4, 0.5) is 0 Å². The molecule has 0 heterocycles. The van der Waals surface area contributed by atoms with Crippen LogP contribution >= 0.6 is 0 Å². The van der Waals surface area contributed by atoms with Gasteiger partial charge in [-0.3, -0.25) is 9.00 Å². The number of rotatable bonds is 7. The molecule has 4 nitrogen and oxygen atoms in total. The van der Waals surface area contributed by atoms with Crippen LogP contribution in [0.1, 0.15) is 41.4 Å². The Morgan fingerprint density at radius 1 is 1.21 bits per heavy atom. The van der Waals surface area contributed by atoms with E-state index in [0.717, 1.165) is 16.9 Å². The van der Waals surface area contributed by atoms with E-state index in [1.54, 1.807) is 18.4 Å². The molecular weight excluding hydrogens is 322 g/mol. The molecule has 0 radical (unpaired) electrons. The summed E-state index contributed by atoms with van der Waals surface area (Å²) in [4.78, 5) is 12.4. The third kappa shape index (κ3) is 5.20. The molecular formula is C19H23NO3S. The highest BCUT2D eigenvalue weighted by molar-refractivity contribution is 7.83. The SMILES string of the molecule is CCOc1ccc(C(C)NC(=O)c2cccc(CS(C)=O)c2)cc1. The number of benzene rings is 2. The highest BCUT2D eigenvalue weighted by atomic mass is 32.2. The summed E-state index contributed by atoms with van der Waals surface area (Å²) >= 11 is 0. The molecule has 2 unspecified atom stereocenters. The number of carbonyl (C=O) groups excluding carboxylic acids is 1. The second-order valence-electron chi connectivity index (χ2n) is 5.62. The maximum absolute atomic E-state index is 12.4. The van der Waals surface area contributed by atoms with Gasteiger partial charge in [-0.15, -0.1) is 0 Å². The zero-order chi connectivity index (χ0) is 17.5. The standard InChI is InChI=1S/C19H23NO3S/c1-4-23-18-10-8-16(9-11-18)14(2)20-19(21)17-7-5-6-15(12-17)13-24(3)22/h5-12,14H,4,13H2,1-3H3,(H,20,21). The number of hydrogen-bond donors (Lipinski definition) is 1. The molecule has 1 amide bonds. The molecule has 0 saturated carbocycles. The Labute approximate surface area is 145 Å². The lowest BCUT2D eigenvalue weighted by Crippen LogP contribution is -2.26. The summed E-state index contributed by atoms with van der Waals surface area (Å²) in [7, 11) is -0.926. The van der Waals surface area contributed by atoms with Crippen molar-refractivity contribution < 1.29 is 13.7 Å². The lowest BCUT2D eigenvalue weighted by atomic mass is 10.1. The summed E-state index contributed by atoms with van der Waals surface area (Å²) in [6.45, 7) is 4.52. The number of ether oxygens (including phenoxy) is 1. The van der Waals surface area contributed by atoms with Crippen LogP contribution in [0.3, 0.4) is 0 Å². The van der Waals surface area contributed by atoms with E-state index in [9.17, 15) is 9.00 Å². The van der Waals surface area contributed by atoms with Crippen LogP contribution in [-0.4, -0.2) is 23.0 Å². The van der Waals surface area contributed by atoms with Crippen LogP contribution in [0.2, 0.25) is 0 Å². The summed E-state index contributed by atoms with van der Waals surface area (Å²) < 4.78 is 16.8. The summed E-state index contributed by atoms with van der Waals surface area (Å²) in [5.41, 5.74) is 2.49. The first kappa shape index (κ1) is 18.2. The Morgan fingerprint density at radius 3 is 2.54 bits per heavy atom. The Kier molecular flexibility index (Phi) is 6.55. The third-order valence-corrected chi connectivity index (χ3v) is 4.34. The molecule has 5 heteroatoms. The van der Waals surface area contributed by atoms with Gasteiger partial charge < -0.3 is 10.1 Å². The molecule has 0 aliphatic carbocycles. The van der Waals surface area contributed by atoms with Crippen LogP contribution < -0.4 is 10.1 Å². The third-order valence-electron chi connectivity index (χ3n) is 3.60. The Balaban J connectivity index is 2.04. The van der Waals surface area contributed by atoms with Gasteiger partial charge in [0, 0.05) is 28.4 Å². The first-order valence-electron chi connectivity index (χ1n) is 7.92. The lowest BCUT2D eigenvalue weighted by molar-refractivity contribution is 0.0940. The van der Waals surface area contributed by atoms with Gasteiger partial charge in [0.1, 0.15) is 5.75 Å². The zero-order valence-corrected chi connectivity index (χ0v) is 15.1. The fraction of sp³-hybridized carbons (Fsp3) is 0.316. The largest absolute Gasteiger partial charge is 0.494 e. The van der Waals surface area contributed by atoms with Gasteiger partial charge in [-0.1, -0.05) is 24.3 Å². The minimum Gasteiger partial charge on any atom is -0.494 e. The minimum absolute atomic E-state index is 0.114. The molecule has 0 fully saturated rings. The van der Waals surface area contributed by atoms with Crippen LogP contribution in [0.5, 0.6) is 5.75 Å². The van der Waals surface area contributed by atoms with E-state index in [1.807, 2.05) is 50.2 Å². The molecule has 128 valence electrons. The Morgan fingerprint density at radius 2 is 1.92 bits per heavy atom. The van der Waals surface area contributed by atoms with E-state index < -0.39 is 10.8 Å². The number of carbonyl (C=O) groups is 1. The topological polar surface area (TPSA) is 55.4 Å². The summed E-state index contributed by atoms with van der Waals surface area (Å²) in [5, 5.41) is 2.99. The van der Waals surface area contributed by atoms with Crippen molar-refractivity contribution in [2.45, 2.75) is 25.6 Å². The zero-order valence-electron chi connectivity index (χ0n) is 14.2. The van der Waals surface area contributed by atoms with E-state index >= 15 is 0 Å². The molecule has 2 aromatic rings. The van der Waals surface area contributed by atoms with E-state index in [0.29, 0.717) is 17.9 Å². The molecule has 2 atom stereocenters. The molecule has 2 rings (SSSR count). The highest BCUT2D eigenvalue weighted by Gasteiger charge is 2.12. The first-order valence-corrected chi connectivity index (χ1v) is 9.65. The maximum Gasteiger partial charge on any atom is 0.251 e. The van der Waals surface area contributed by atoms with Gasteiger partial charge in [-0.25, -0.2) is 0 Å². The van der Waals surface area contributed by atoms with Crippen molar-refractivity contribution in [1.82, 2.24) is 5.32 Å². The highest BCUT2D eigenvalue weighted by Crippen LogP contribution is 2.18. The average Bonchev–Trinajstić information content (AvgIpc) is 2.55. The van der Waals surface area contributed by atoms with Gasteiger partial charge in [0.25, 0.3) is 5.91 Å². The predicted octanol–water partition coefficient (Wildman–Crippen LogP) is 3.45. The van der Waals surface area contributed by atoms with Crippen LogP contribution in [0.15, 0.2) is 48.5 Å². The molecule has 0 aliphatic heterocycles. The molecule has 0 aliphatic rings. The molecule has 1 N–H and O–H groups in total. The normalized spacial score (nSPS) is 13.1. The first-order chi connectivity index (χ1) is 11.5. The van der Waals surface area contributed by atoms with Gasteiger partial charge in [0.05, 0.1) is 12.6 Å². The van der Waals surface area contributed by atoms with Crippen molar-refractivity contribution in [2.75, 3.05) is 12.9 Å². The van der Waals surface area contributed by atoms with Crippen molar-refractivity contribution in [1.29, 1.82) is 0 Å². The fourth-order valence-electron chi connectivity index (χ4n) is 2.42. The van der Waals surface area contributed by atoms with Crippen molar-refractivity contribution in [3.63, 3.8) is 0 Å². The minimum atomic E-state index is -0.926. The summed E-state index contributed by atoms with van der Waals surface area (Å²) in [5.74, 6) is 1.13. The van der Waals surface area contributed by atoms with Crippen LogP contribution in [-0.2, 0) is 16.6 Å². The van der Waals surface area contributed by atoms with Crippen molar-refractivity contribution in [3.05, 3.63) is 65.2 Å². The van der Waals surface area contributed by atoms with E-state index in [1.165, 1.54) is 0 Å². The molecule has 0 spiro atoms. The summed E-state index contributed by atoms with van der Waals surface area (Å²) in [6.07, 6.45) is 1.65. The average molecular weight is 345 g/mol. The molecule has 0 saturated heterocycles. The summed E-state index contributed by atoms with van der Waals surface area (Å²) in [6, 6.07) is 14.9. The lowest BCUT2D eigenvalue weighted by Gasteiger charge is -2.15. The van der Waals surface area contributed by atoms with Crippen molar-refractivity contribution >= 4 is 16.7 Å². The maximum atomic E-state index is 12.4. The van der Waals surface area contributed by atoms with Gasteiger partial charge in [-0.05, 0) is 49.2 Å². The number of amides is 1. The molecule has 24 heavy (non-hydrogen) atoms. The second-order valence-corrected chi connectivity index (χ2v) is 7.05. The van der Waals surface area contributed by atoms with E-state index in [-0.39, 0.29) is 11.9 Å². The quantitative estimate of drug-likeness (QED) is 0.836. The number of nitrogens with one attached hydrogen (secondary N) is 1. The van der Waals surface area contributed by atoms with E-state index in [2.05, 4.69) is 5.32 Å². The van der Waals surface area contributed by atoms with Crippen molar-refractivity contribution in [3.8, 4) is 5.75 Å². The van der Waals surface area contributed by atoms with Gasteiger partial charge in [-0.2, -0.15) is 0 Å². The molecule has 2 aromatic carbocycles. The van der Waals surface area contributed by atoms with Crippen LogP contribution in [0.25, 0.3) is 0 Å². The van der Waals surface area contributed by atoms with Gasteiger partial charge >= 0.3 is 0 Å². The Hall–Kier alpha value is -2.14. The van der Waals surface area contributed by atoms with Gasteiger partial charge in [0.15, 0.2) is 0 Å². The second kappa shape index (κ2) is 8.64. The Bertz CT molecular complexity index is 713. The smallest absolute Gasteiger partial charge is 0.251 e. The predicted molar refractivity (Wildman–Crippen MR) is 97.7 cm³/mol. The molecule has 0 bridgehead atoms. The van der Waals surface area contributed by atoms with Crippen molar-refractivity contribution in [2.24, 2.45) is 0 Å². The fourth-order valence-corrected chi connectivity index (χ4v) is 3.07. The monoisotopic (exact) mass is 345 g/mol. The van der Waals surface area contributed by atoms with Crippen LogP contribution in [0, 0.1) is 0 Å². The van der Waals surface area contributed by atoms with Gasteiger partial charge in [0.2, 0.25) is 0 Å².